The molecule has 5 rings (SSSR count). The van der Waals surface area contributed by atoms with Crippen molar-refractivity contribution in [2.24, 2.45) is 17.8 Å². The van der Waals surface area contributed by atoms with E-state index in [0.717, 1.165) is 49.4 Å². The molecule has 2 aromatic carbocycles. The van der Waals surface area contributed by atoms with Crippen LogP contribution in [0.1, 0.15) is 44.9 Å². The molecule has 0 radical (unpaired) electrons. The molecule has 35 heavy (non-hydrogen) atoms. The Morgan fingerprint density at radius 2 is 1.80 bits per heavy atom. The van der Waals surface area contributed by atoms with Gasteiger partial charge in [0.15, 0.2) is 0 Å². The number of amides is 2. The highest BCUT2D eigenvalue weighted by molar-refractivity contribution is 5.89. The Morgan fingerprint density at radius 1 is 1.06 bits per heavy atom. The third-order valence-corrected chi connectivity index (χ3v) is 8.18. The molecule has 3 fully saturated rings. The minimum atomic E-state index is -0.344. The van der Waals surface area contributed by atoms with Crippen molar-refractivity contribution in [3.63, 3.8) is 0 Å². The van der Waals surface area contributed by atoms with E-state index in [1.165, 1.54) is 19.3 Å². The summed E-state index contributed by atoms with van der Waals surface area (Å²) in [7, 11) is 1.62. The summed E-state index contributed by atoms with van der Waals surface area (Å²) in [5.74, 6) is 2.53. The second-order valence-electron chi connectivity index (χ2n) is 10.3. The first-order chi connectivity index (χ1) is 17.0. The van der Waals surface area contributed by atoms with Crippen molar-refractivity contribution >= 4 is 23.1 Å². The van der Waals surface area contributed by atoms with Gasteiger partial charge in [-0.1, -0.05) is 12.8 Å². The highest BCUT2D eigenvalue weighted by Gasteiger charge is 2.46. The fraction of sp³-hybridized carbons (Fsp3) is 0.519. The summed E-state index contributed by atoms with van der Waals surface area (Å²) in [6, 6.07) is 14.9. The molecule has 2 saturated carbocycles. The number of nitrogens with one attached hydrogen (secondary N) is 2. The van der Waals surface area contributed by atoms with Gasteiger partial charge in [-0.05, 0) is 86.3 Å². The van der Waals surface area contributed by atoms with Gasteiger partial charge in [0, 0.05) is 42.1 Å². The van der Waals surface area contributed by atoms with Gasteiger partial charge in [-0.15, -0.1) is 0 Å². The topological polar surface area (TPSA) is 96.7 Å². The zero-order valence-corrected chi connectivity index (χ0v) is 20.2. The number of urea groups is 1. The highest BCUT2D eigenvalue weighted by atomic mass is 16.6. The van der Waals surface area contributed by atoms with Crippen molar-refractivity contribution in [3.8, 4) is 5.75 Å². The SMILES string of the molecule is COc1ccc(NC(=O)N[C@@H]2CCCC[C@H]2C[C@H]2C[C@@H]3C[C@H]2N(c2ccc([N+](=O)[O-])cc2)C3)cc1. The van der Waals surface area contributed by atoms with E-state index in [2.05, 4.69) is 15.5 Å². The molecule has 2 N–H and O–H groups in total. The quantitative estimate of drug-likeness (QED) is 0.399. The average molecular weight is 479 g/mol. The van der Waals surface area contributed by atoms with Gasteiger partial charge in [0.1, 0.15) is 5.75 Å². The third-order valence-electron chi connectivity index (χ3n) is 8.18. The van der Waals surface area contributed by atoms with Gasteiger partial charge in [0.2, 0.25) is 0 Å². The largest absolute Gasteiger partial charge is 0.497 e. The molecular formula is C27H34N4O4. The van der Waals surface area contributed by atoms with Crippen LogP contribution in [-0.4, -0.2) is 36.7 Å². The maximum Gasteiger partial charge on any atom is 0.319 e. The first-order valence-corrected chi connectivity index (χ1v) is 12.7. The zero-order chi connectivity index (χ0) is 24.4. The van der Waals surface area contributed by atoms with E-state index in [1.54, 1.807) is 19.2 Å². The molecule has 0 spiro atoms. The number of nitrogens with zero attached hydrogens (tertiary/aromatic N) is 2. The lowest BCUT2D eigenvalue weighted by Gasteiger charge is -2.39. The van der Waals surface area contributed by atoms with Crippen LogP contribution < -0.4 is 20.3 Å². The number of carbonyl (C=O) groups excluding carboxylic acids is 1. The predicted octanol–water partition coefficient (Wildman–Crippen LogP) is 5.59. The predicted molar refractivity (Wildman–Crippen MR) is 136 cm³/mol. The van der Waals surface area contributed by atoms with Crippen molar-refractivity contribution < 1.29 is 14.5 Å². The zero-order valence-electron chi connectivity index (χ0n) is 20.2. The van der Waals surface area contributed by atoms with E-state index < -0.39 is 0 Å². The number of fused-ring (bicyclic) bond motifs is 2. The van der Waals surface area contributed by atoms with E-state index in [0.29, 0.717) is 23.8 Å². The number of rotatable bonds is 7. The standard InChI is InChI=1S/C27H34N4O4/c1-35-24-12-6-21(7-13-24)28-27(32)29-25-5-3-2-4-19(25)16-20-14-18-15-26(20)30(17-18)22-8-10-23(11-9-22)31(33)34/h6-13,18-20,25-26H,2-5,14-17H2,1H3,(H2,28,29,32)/t18-,19+,20-,25-,26-/m1/s1. The van der Waals surface area contributed by atoms with Gasteiger partial charge in [0.05, 0.1) is 12.0 Å². The number of nitro benzene ring substituents is 1. The maximum absolute atomic E-state index is 12.7. The van der Waals surface area contributed by atoms with Crippen molar-refractivity contribution in [2.75, 3.05) is 23.9 Å². The third kappa shape index (κ3) is 5.21. The van der Waals surface area contributed by atoms with Gasteiger partial charge in [-0.25, -0.2) is 4.79 Å². The number of non-ortho nitro benzene ring substituents is 1. The molecule has 0 unspecified atom stereocenters. The Labute approximate surface area is 206 Å². The summed E-state index contributed by atoms with van der Waals surface area (Å²) in [6.45, 7) is 1.04. The number of hydrogen-bond acceptors (Lipinski definition) is 5. The van der Waals surface area contributed by atoms with E-state index in [-0.39, 0.29) is 22.7 Å². The minimum Gasteiger partial charge on any atom is -0.497 e. The van der Waals surface area contributed by atoms with Crippen LogP contribution in [0.15, 0.2) is 48.5 Å². The van der Waals surface area contributed by atoms with Crippen molar-refractivity contribution in [1.29, 1.82) is 0 Å². The number of hydrogen-bond donors (Lipinski definition) is 2. The molecule has 186 valence electrons. The first kappa shape index (κ1) is 23.5. The Kier molecular flexibility index (Phi) is 6.79. The van der Waals surface area contributed by atoms with Crippen molar-refractivity contribution in [1.82, 2.24) is 5.32 Å². The lowest BCUT2D eigenvalue weighted by atomic mass is 9.77. The molecule has 1 saturated heterocycles. The lowest BCUT2D eigenvalue weighted by Crippen LogP contribution is -2.46. The molecule has 8 nitrogen and oxygen atoms in total. The number of carbonyl (C=O) groups is 1. The Hall–Kier alpha value is -3.29. The van der Waals surface area contributed by atoms with Gasteiger partial charge in [-0.2, -0.15) is 0 Å². The number of anilines is 2. The number of piperidine rings is 1. The number of ether oxygens (including phenoxy) is 1. The Balaban J connectivity index is 1.20. The van der Waals surface area contributed by atoms with Crippen LogP contribution in [0, 0.1) is 27.9 Å². The summed E-state index contributed by atoms with van der Waals surface area (Å²) in [6.07, 6.45) is 8.11. The molecule has 0 aromatic heterocycles. The second kappa shape index (κ2) is 10.1. The van der Waals surface area contributed by atoms with Gasteiger partial charge in [-0.3, -0.25) is 10.1 Å². The van der Waals surface area contributed by atoms with Crippen molar-refractivity contribution in [2.45, 2.75) is 57.0 Å². The van der Waals surface area contributed by atoms with E-state index in [4.69, 9.17) is 4.74 Å². The van der Waals surface area contributed by atoms with Crippen LogP contribution in [0.25, 0.3) is 0 Å². The monoisotopic (exact) mass is 478 g/mol. The lowest BCUT2D eigenvalue weighted by molar-refractivity contribution is -0.384. The fourth-order valence-corrected chi connectivity index (χ4v) is 6.55. The van der Waals surface area contributed by atoms with Crippen LogP contribution in [0.4, 0.5) is 21.9 Å². The maximum atomic E-state index is 12.7. The van der Waals surface area contributed by atoms with Crippen molar-refractivity contribution in [3.05, 3.63) is 58.6 Å². The van der Waals surface area contributed by atoms with E-state index in [9.17, 15) is 14.9 Å². The smallest absolute Gasteiger partial charge is 0.319 e. The molecule has 2 aliphatic carbocycles. The molecule has 1 heterocycles. The first-order valence-electron chi connectivity index (χ1n) is 12.7. The molecule has 3 aliphatic rings. The van der Waals surface area contributed by atoms with Gasteiger partial charge < -0.3 is 20.3 Å². The van der Waals surface area contributed by atoms with Gasteiger partial charge in [0.25, 0.3) is 5.69 Å². The summed E-state index contributed by atoms with van der Waals surface area (Å²) < 4.78 is 5.19. The highest BCUT2D eigenvalue weighted by Crippen LogP contribution is 2.47. The number of benzene rings is 2. The normalized spacial score (nSPS) is 27.5. The van der Waals surface area contributed by atoms with Gasteiger partial charge >= 0.3 is 6.03 Å². The molecule has 5 atom stereocenters. The molecular weight excluding hydrogens is 444 g/mol. The molecule has 2 amide bonds. The van der Waals surface area contributed by atoms with Crippen LogP contribution in [-0.2, 0) is 0 Å². The molecule has 2 aromatic rings. The van der Waals surface area contributed by atoms with Crippen LogP contribution in [0.3, 0.4) is 0 Å². The average Bonchev–Trinajstić information content (AvgIpc) is 3.46. The molecule has 1 aliphatic heterocycles. The summed E-state index contributed by atoms with van der Waals surface area (Å²) in [5.41, 5.74) is 1.98. The molecule has 2 bridgehead atoms. The number of nitro groups is 1. The van der Waals surface area contributed by atoms with E-state index in [1.807, 2.05) is 36.4 Å². The molecule has 8 heteroatoms. The van der Waals surface area contributed by atoms with Crippen LogP contribution >= 0.6 is 0 Å². The van der Waals surface area contributed by atoms with Crippen LogP contribution in [0.5, 0.6) is 5.75 Å². The number of methoxy groups -OCH3 is 1. The Bertz CT molecular complexity index is 1040. The summed E-state index contributed by atoms with van der Waals surface area (Å²) in [5, 5.41) is 17.2. The minimum absolute atomic E-state index is 0.138. The Morgan fingerprint density at radius 3 is 2.49 bits per heavy atom. The summed E-state index contributed by atoms with van der Waals surface area (Å²) >= 11 is 0. The second-order valence-corrected chi connectivity index (χ2v) is 10.3. The van der Waals surface area contributed by atoms with Crippen LogP contribution in [0.2, 0.25) is 0 Å². The fourth-order valence-electron chi connectivity index (χ4n) is 6.55. The summed E-state index contributed by atoms with van der Waals surface area (Å²) in [4.78, 5) is 25.9. The van der Waals surface area contributed by atoms with E-state index >= 15 is 0 Å².